The summed E-state index contributed by atoms with van der Waals surface area (Å²) in [4.78, 5) is 20.5. The zero-order valence-electron chi connectivity index (χ0n) is 14.4. The molecule has 1 N–H and O–H groups in total. The number of aromatic carboxylic acids is 1. The molecule has 1 aromatic heterocycles. The van der Waals surface area contributed by atoms with Gasteiger partial charge in [-0.3, -0.25) is 0 Å². The van der Waals surface area contributed by atoms with Gasteiger partial charge in [-0.05, 0) is 30.7 Å². The molecule has 0 radical (unpaired) electrons. The maximum absolute atomic E-state index is 11.7. The smallest absolute Gasteiger partial charge is 0.360 e. The van der Waals surface area contributed by atoms with Crippen molar-refractivity contribution in [1.82, 2.24) is 9.97 Å². The molecule has 0 atom stereocenters. The minimum absolute atomic E-state index is 0.00739. The molecule has 0 bridgehead atoms. The lowest BCUT2D eigenvalue weighted by molar-refractivity contribution is 0.0684. The van der Waals surface area contributed by atoms with Gasteiger partial charge in [-0.25, -0.2) is 14.8 Å². The van der Waals surface area contributed by atoms with E-state index in [1.165, 1.54) is 0 Å². The van der Waals surface area contributed by atoms with Crippen LogP contribution in [-0.4, -0.2) is 27.7 Å². The van der Waals surface area contributed by atoms with Gasteiger partial charge >= 0.3 is 5.97 Å². The van der Waals surface area contributed by atoms with Crippen LogP contribution < -0.4 is 4.74 Å². The summed E-state index contributed by atoms with van der Waals surface area (Å²) >= 11 is 12.0. The summed E-state index contributed by atoms with van der Waals surface area (Å²) < 4.78 is 5.54. The Hall–Kier alpha value is -2.63. The molecule has 3 rings (SSSR count). The molecule has 27 heavy (non-hydrogen) atoms. The highest BCUT2D eigenvalue weighted by Crippen LogP contribution is 2.33. The van der Waals surface area contributed by atoms with Crippen LogP contribution in [0.2, 0.25) is 10.0 Å². The van der Waals surface area contributed by atoms with Crippen LogP contribution >= 0.6 is 23.2 Å². The Labute approximate surface area is 166 Å². The first-order chi connectivity index (χ1) is 13.0. The molecule has 0 aliphatic carbocycles. The lowest BCUT2D eigenvalue weighted by atomic mass is 10.0. The molecular weight excluding hydrogens is 387 g/mol. The predicted octanol–water partition coefficient (Wildman–Crippen LogP) is 5.60. The van der Waals surface area contributed by atoms with Crippen molar-refractivity contribution < 1.29 is 14.6 Å². The molecule has 3 aromatic rings. The maximum atomic E-state index is 11.7. The molecule has 2 aromatic carbocycles. The van der Waals surface area contributed by atoms with E-state index in [1.807, 2.05) is 6.92 Å². The summed E-state index contributed by atoms with van der Waals surface area (Å²) in [5.41, 5.74) is 2.14. The molecule has 0 spiro atoms. The van der Waals surface area contributed by atoms with Gasteiger partial charge in [0.1, 0.15) is 5.69 Å². The monoisotopic (exact) mass is 402 g/mol. The minimum atomic E-state index is -1.20. The van der Waals surface area contributed by atoms with Crippen LogP contribution in [0.4, 0.5) is 0 Å². The van der Waals surface area contributed by atoms with E-state index in [2.05, 4.69) is 9.97 Å². The number of nitrogens with zero attached hydrogens (tertiary/aromatic N) is 2. The Morgan fingerprint density at radius 3 is 1.85 bits per heavy atom. The highest BCUT2D eigenvalue weighted by Gasteiger charge is 2.22. The van der Waals surface area contributed by atoms with E-state index < -0.39 is 5.97 Å². The van der Waals surface area contributed by atoms with E-state index in [0.717, 1.165) is 12.0 Å². The molecule has 0 saturated carbocycles. The fraction of sp³-hybridized carbons (Fsp3) is 0.150. The lowest BCUT2D eigenvalue weighted by Crippen LogP contribution is -2.11. The Balaban J connectivity index is 2.24. The number of carboxylic acid groups (broad SMARTS) is 1. The third-order valence-electron chi connectivity index (χ3n) is 3.74. The number of halogens is 2. The van der Waals surface area contributed by atoms with E-state index >= 15 is 0 Å². The zero-order valence-corrected chi connectivity index (χ0v) is 16.0. The van der Waals surface area contributed by atoms with Crippen molar-refractivity contribution in [2.24, 2.45) is 0 Å². The first-order valence-electron chi connectivity index (χ1n) is 8.29. The second kappa shape index (κ2) is 8.37. The number of hydrogen-bond acceptors (Lipinski definition) is 4. The van der Waals surface area contributed by atoms with Gasteiger partial charge in [0.2, 0.25) is 11.6 Å². The largest absolute Gasteiger partial charge is 0.476 e. The van der Waals surface area contributed by atoms with Crippen molar-refractivity contribution in [2.75, 3.05) is 6.61 Å². The van der Waals surface area contributed by atoms with Crippen LogP contribution in [0.5, 0.6) is 5.88 Å². The van der Waals surface area contributed by atoms with Gasteiger partial charge in [-0.15, -0.1) is 0 Å². The Bertz CT molecular complexity index is 958. The van der Waals surface area contributed by atoms with Crippen LogP contribution in [-0.2, 0) is 0 Å². The van der Waals surface area contributed by atoms with Gasteiger partial charge in [0.05, 0.1) is 12.3 Å². The Morgan fingerprint density at radius 2 is 1.41 bits per heavy atom. The summed E-state index contributed by atoms with van der Waals surface area (Å²) in [6.45, 7) is 2.27. The fourth-order valence-corrected chi connectivity index (χ4v) is 2.73. The molecule has 0 aliphatic rings. The SMILES string of the molecule is CCCOc1nc(-c2ccc(Cl)cc2)c(-c2ccc(Cl)cc2)nc1C(=O)O. The van der Waals surface area contributed by atoms with Gasteiger partial charge in [0.15, 0.2) is 0 Å². The third-order valence-corrected chi connectivity index (χ3v) is 4.25. The van der Waals surface area contributed by atoms with Crippen LogP contribution in [0, 0.1) is 0 Å². The highest BCUT2D eigenvalue weighted by molar-refractivity contribution is 6.31. The van der Waals surface area contributed by atoms with E-state index in [0.29, 0.717) is 33.6 Å². The topological polar surface area (TPSA) is 72.3 Å². The molecule has 1 heterocycles. The molecule has 5 nitrogen and oxygen atoms in total. The number of ether oxygens (including phenoxy) is 1. The predicted molar refractivity (Wildman–Crippen MR) is 106 cm³/mol. The maximum Gasteiger partial charge on any atom is 0.360 e. The van der Waals surface area contributed by atoms with Gasteiger partial charge in [-0.2, -0.15) is 0 Å². The molecule has 0 saturated heterocycles. The molecule has 138 valence electrons. The second-order valence-electron chi connectivity index (χ2n) is 5.74. The van der Waals surface area contributed by atoms with Gasteiger partial charge in [0, 0.05) is 21.2 Å². The first kappa shape index (κ1) is 19.1. The van der Waals surface area contributed by atoms with Gasteiger partial charge in [0.25, 0.3) is 0 Å². The number of aromatic nitrogens is 2. The molecule has 0 amide bonds. The van der Waals surface area contributed by atoms with Crippen molar-refractivity contribution in [3.05, 3.63) is 64.3 Å². The number of hydrogen-bond donors (Lipinski definition) is 1. The number of carbonyl (C=O) groups is 1. The van der Waals surface area contributed by atoms with Gasteiger partial charge < -0.3 is 9.84 Å². The summed E-state index contributed by atoms with van der Waals surface area (Å²) in [6.07, 6.45) is 0.718. The fourth-order valence-electron chi connectivity index (χ4n) is 2.48. The minimum Gasteiger partial charge on any atom is -0.476 e. The lowest BCUT2D eigenvalue weighted by Gasteiger charge is -2.14. The van der Waals surface area contributed by atoms with Crippen molar-refractivity contribution >= 4 is 29.2 Å². The van der Waals surface area contributed by atoms with Crippen molar-refractivity contribution in [3.63, 3.8) is 0 Å². The Kier molecular flexibility index (Phi) is 5.94. The average molecular weight is 403 g/mol. The summed E-state index contributed by atoms with van der Waals surface area (Å²) in [5.74, 6) is -1.21. The zero-order chi connectivity index (χ0) is 19.4. The van der Waals surface area contributed by atoms with Crippen LogP contribution in [0.3, 0.4) is 0 Å². The molecule has 0 unspecified atom stereocenters. The van der Waals surface area contributed by atoms with E-state index in [9.17, 15) is 9.90 Å². The summed E-state index contributed by atoms with van der Waals surface area (Å²) in [5, 5.41) is 10.7. The van der Waals surface area contributed by atoms with E-state index in [-0.39, 0.29) is 11.6 Å². The normalized spacial score (nSPS) is 10.6. The van der Waals surface area contributed by atoms with E-state index in [4.69, 9.17) is 27.9 Å². The molecular formula is C20H16Cl2N2O3. The third kappa shape index (κ3) is 4.38. The van der Waals surface area contributed by atoms with Crippen LogP contribution in [0.25, 0.3) is 22.5 Å². The van der Waals surface area contributed by atoms with Gasteiger partial charge in [-0.1, -0.05) is 54.4 Å². The molecule has 7 heteroatoms. The molecule has 0 aliphatic heterocycles. The van der Waals surface area contributed by atoms with Crippen molar-refractivity contribution in [3.8, 4) is 28.4 Å². The standard InChI is InChI=1S/C20H16Cl2N2O3/c1-2-11-27-19-18(20(25)26)23-16(12-3-7-14(21)8-4-12)17(24-19)13-5-9-15(22)10-6-13/h3-10H,2,11H2,1H3,(H,25,26). The first-order valence-corrected chi connectivity index (χ1v) is 9.05. The number of rotatable bonds is 6. The van der Waals surface area contributed by atoms with Crippen molar-refractivity contribution in [1.29, 1.82) is 0 Å². The summed E-state index contributed by atoms with van der Waals surface area (Å²) in [7, 11) is 0. The molecule has 0 fully saturated rings. The van der Waals surface area contributed by atoms with Crippen LogP contribution in [0.15, 0.2) is 48.5 Å². The quantitative estimate of drug-likeness (QED) is 0.580. The Morgan fingerprint density at radius 1 is 0.926 bits per heavy atom. The second-order valence-corrected chi connectivity index (χ2v) is 6.61. The van der Waals surface area contributed by atoms with Crippen LogP contribution in [0.1, 0.15) is 23.8 Å². The number of carboxylic acids is 1. The summed E-state index contributed by atoms with van der Waals surface area (Å²) in [6, 6.07) is 14.0. The highest BCUT2D eigenvalue weighted by atomic mass is 35.5. The van der Waals surface area contributed by atoms with Crippen molar-refractivity contribution in [2.45, 2.75) is 13.3 Å². The average Bonchev–Trinajstić information content (AvgIpc) is 2.67. The number of benzene rings is 2. The van der Waals surface area contributed by atoms with E-state index in [1.54, 1.807) is 48.5 Å².